The number of carboxylic acids is 1. The summed E-state index contributed by atoms with van der Waals surface area (Å²) in [5.41, 5.74) is 0. The van der Waals surface area contributed by atoms with Crippen LogP contribution in [0.3, 0.4) is 0 Å². The van der Waals surface area contributed by atoms with E-state index in [1.165, 1.54) is 6.92 Å². The number of urea groups is 1. The highest BCUT2D eigenvalue weighted by molar-refractivity contribution is 5.82. The maximum Gasteiger partial charge on any atom is 0.325 e. The molecule has 1 rings (SSSR count). The first-order valence-corrected chi connectivity index (χ1v) is 5.98. The van der Waals surface area contributed by atoms with Gasteiger partial charge in [0.2, 0.25) is 0 Å². The Morgan fingerprint density at radius 2 is 1.88 bits per heavy atom. The van der Waals surface area contributed by atoms with Gasteiger partial charge in [0.05, 0.1) is 12.1 Å². The van der Waals surface area contributed by atoms with Gasteiger partial charge in [-0.05, 0) is 19.8 Å². The van der Waals surface area contributed by atoms with Crippen LogP contribution in [0.2, 0.25) is 0 Å². The van der Waals surface area contributed by atoms with E-state index >= 15 is 0 Å². The van der Waals surface area contributed by atoms with Crippen molar-refractivity contribution in [3.8, 4) is 0 Å². The Morgan fingerprint density at radius 1 is 1.24 bits per heavy atom. The van der Waals surface area contributed by atoms with Gasteiger partial charge in [-0.3, -0.25) is 4.79 Å². The fourth-order valence-corrected chi connectivity index (χ4v) is 1.92. The quantitative estimate of drug-likeness (QED) is 0.542. The van der Waals surface area contributed by atoms with Crippen LogP contribution >= 0.6 is 0 Å². The molecule has 1 saturated carbocycles. The molecular formula is C11H20N2O4. The lowest BCUT2D eigenvalue weighted by atomic mass is 10.1. The lowest BCUT2D eigenvalue weighted by molar-refractivity contribution is -0.138. The highest BCUT2D eigenvalue weighted by Gasteiger charge is 2.24. The Balaban J connectivity index is 2.41. The summed E-state index contributed by atoms with van der Waals surface area (Å²) in [6, 6.07) is -1.75. The Morgan fingerprint density at radius 3 is 2.53 bits per heavy atom. The number of rotatable bonds is 3. The summed E-state index contributed by atoms with van der Waals surface area (Å²) in [5, 5.41) is 23.4. The summed E-state index contributed by atoms with van der Waals surface area (Å²) >= 11 is 0. The number of aliphatic hydroxyl groups is 1. The van der Waals surface area contributed by atoms with E-state index in [0.29, 0.717) is 6.42 Å². The Bertz CT molecular complexity index is 283. The lowest BCUT2D eigenvalue weighted by Crippen LogP contribution is -2.50. The molecule has 6 nitrogen and oxygen atoms in total. The molecule has 2 unspecified atom stereocenters. The van der Waals surface area contributed by atoms with Gasteiger partial charge in [0, 0.05) is 0 Å². The third-order valence-corrected chi connectivity index (χ3v) is 3.01. The van der Waals surface area contributed by atoms with E-state index in [-0.39, 0.29) is 6.04 Å². The van der Waals surface area contributed by atoms with Gasteiger partial charge >= 0.3 is 12.0 Å². The van der Waals surface area contributed by atoms with Crippen LogP contribution in [0.15, 0.2) is 0 Å². The van der Waals surface area contributed by atoms with E-state index in [0.717, 1.165) is 25.7 Å². The van der Waals surface area contributed by atoms with Crippen molar-refractivity contribution in [1.29, 1.82) is 0 Å². The highest BCUT2D eigenvalue weighted by atomic mass is 16.4. The molecular weight excluding hydrogens is 224 g/mol. The smallest absolute Gasteiger partial charge is 0.325 e. The van der Waals surface area contributed by atoms with E-state index in [2.05, 4.69) is 10.6 Å². The number of nitrogens with one attached hydrogen (secondary N) is 2. The SMILES string of the molecule is C[C@@H](NC(=O)NC1CCCCCC1O)C(=O)O. The van der Waals surface area contributed by atoms with Gasteiger partial charge in [0.1, 0.15) is 6.04 Å². The maximum atomic E-state index is 11.5. The molecule has 0 heterocycles. The molecule has 0 aromatic rings. The zero-order valence-corrected chi connectivity index (χ0v) is 9.98. The molecule has 4 N–H and O–H groups in total. The minimum atomic E-state index is -1.08. The van der Waals surface area contributed by atoms with Crippen LogP contribution in [-0.2, 0) is 4.79 Å². The molecule has 1 aliphatic carbocycles. The van der Waals surface area contributed by atoms with Crippen molar-refractivity contribution in [3.05, 3.63) is 0 Å². The monoisotopic (exact) mass is 244 g/mol. The number of hydrogen-bond donors (Lipinski definition) is 4. The van der Waals surface area contributed by atoms with Crippen LogP contribution in [-0.4, -0.2) is 40.4 Å². The Labute approximate surface area is 100 Å². The van der Waals surface area contributed by atoms with E-state index in [4.69, 9.17) is 5.11 Å². The normalized spacial score (nSPS) is 26.7. The van der Waals surface area contributed by atoms with Crippen molar-refractivity contribution < 1.29 is 19.8 Å². The molecule has 0 radical (unpaired) electrons. The largest absolute Gasteiger partial charge is 0.480 e. The van der Waals surface area contributed by atoms with Crippen molar-refractivity contribution in [2.24, 2.45) is 0 Å². The molecule has 3 atom stereocenters. The first-order valence-electron chi connectivity index (χ1n) is 5.98. The predicted octanol–water partition coefficient (Wildman–Crippen LogP) is 0.452. The number of carbonyl (C=O) groups is 2. The third kappa shape index (κ3) is 4.60. The molecule has 0 aromatic heterocycles. The molecule has 2 amide bonds. The van der Waals surface area contributed by atoms with Crippen LogP contribution in [0.25, 0.3) is 0 Å². The average Bonchev–Trinajstić information content (AvgIpc) is 2.44. The van der Waals surface area contributed by atoms with Crippen LogP contribution in [0.4, 0.5) is 4.79 Å². The van der Waals surface area contributed by atoms with E-state index in [1.54, 1.807) is 0 Å². The first kappa shape index (κ1) is 13.8. The number of aliphatic hydroxyl groups excluding tert-OH is 1. The predicted molar refractivity (Wildman–Crippen MR) is 61.6 cm³/mol. The topological polar surface area (TPSA) is 98.7 Å². The van der Waals surface area contributed by atoms with Crippen LogP contribution in [0.1, 0.15) is 39.0 Å². The molecule has 6 heteroatoms. The van der Waals surface area contributed by atoms with Gasteiger partial charge in [0.15, 0.2) is 0 Å². The lowest BCUT2D eigenvalue weighted by Gasteiger charge is -2.22. The number of amides is 2. The average molecular weight is 244 g/mol. The molecule has 98 valence electrons. The van der Waals surface area contributed by atoms with E-state index in [9.17, 15) is 14.7 Å². The fourth-order valence-electron chi connectivity index (χ4n) is 1.92. The molecule has 0 saturated heterocycles. The van der Waals surface area contributed by atoms with Crippen LogP contribution in [0, 0.1) is 0 Å². The molecule has 0 bridgehead atoms. The molecule has 17 heavy (non-hydrogen) atoms. The van der Waals surface area contributed by atoms with Crippen LogP contribution < -0.4 is 10.6 Å². The van der Waals surface area contributed by atoms with E-state index < -0.39 is 24.1 Å². The van der Waals surface area contributed by atoms with Gasteiger partial charge < -0.3 is 20.8 Å². The minimum absolute atomic E-state index is 0.279. The van der Waals surface area contributed by atoms with Gasteiger partial charge in [0.25, 0.3) is 0 Å². The molecule has 1 fully saturated rings. The maximum absolute atomic E-state index is 11.5. The van der Waals surface area contributed by atoms with Crippen molar-refractivity contribution in [3.63, 3.8) is 0 Å². The van der Waals surface area contributed by atoms with Crippen molar-refractivity contribution in [2.75, 3.05) is 0 Å². The summed E-state index contributed by atoms with van der Waals surface area (Å²) in [4.78, 5) is 22.0. The molecule has 0 aromatic carbocycles. The zero-order chi connectivity index (χ0) is 12.8. The second-order valence-electron chi connectivity index (χ2n) is 4.49. The number of aliphatic carboxylic acids is 1. The Hall–Kier alpha value is -1.30. The highest BCUT2D eigenvalue weighted by Crippen LogP contribution is 2.17. The zero-order valence-electron chi connectivity index (χ0n) is 9.98. The van der Waals surface area contributed by atoms with E-state index in [1.807, 2.05) is 0 Å². The molecule has 0 aliphatic heterocycles. The summed E-state index contributed by atoms with van der Waals surface area (Å²) < 4.78 is 0. The number of carbonyl (C=O) groups excluding carboxylic acids is 1. The second-order valence-corrected chi connectivity index (χ2v) is 4.49. The summed E-state index contributed by atoms with van der Waals surface area (Å²) in [7, 11) is 0. The van der Waals surface area contributed by atoms with Gasteiger partial charge in [-0.15, -0.1) is 0 Å². The van der Waals surface area contributed by atoms with Crippen molar-refractivity contribution in [1.82, 2.24) is 10.6 Å². The van der Waals surface area contributed by atoms with Crippen molar-refractivity contribution >= 4 is 12.0 Å². The first-order chi connectivity index (χ1) is 8.00. The number of hydrogen-bond acceptors (Lipinski definition) is 3. The van der Waals surface area contributed by atoms with Gasteiger partial charge in [-0.2, -0.15) is 0 Å². The molecule has 1 aliphatic rings. The standard InChI is InChI=1S/C11H20N2O4/c1-7(10(15)16)12-11(17)13-8-5-3-2-4-6-9(8)14/h7-9,14H,2-6H2,1H3,(H,15,16)(H2,12,13,17)/t7-,8?,9?/m1/s1. The number of carboxylic acid groups (broad SMARTS) is 1. The second kappa shape index (κ2) is 6.44. The summed E-state index contributed by atoms with van der Waals surface area (Å²) in [6.07, 6.45) is 3.87. The van der Waals surface area contributed by atoms with Gasteiger partial charge in [-0.25, -0.2) is 4.79 Å². The van der Waals surface area contributed by atoms with Gasteiger partial charge in [-0.1, -0.05) is 19.3 Å². The fraction of sp³-hybridized carbons (Fsp3) is 0.818. The van der Waals surface area contributed by atoms with Crippen molar-refractivity contribution in [2.45, 2.75) is 57.2 Å². The minimum Gasteiger partial charge on any atom is -0.480 e. The molecule has 0 spiro atoms. The third-order valence-electron chi connectivity index (χ3n) is 3.01. The Kier molecular flexibility index (Phi) is 5.21. The summed E-state index contributed by atoms with van der Waals surface area (Å²) in [6.45, 7) is 1.39. The van der Waals surface area contributed by atoms with Crippen LogP contribution in [0.5, 0.6) is 0 Å². The summed E-state index contributed by atoms with van der Waals surface area (Å²) in [5.74, 6) is -1.08.